The second-order valence-corrected chi connectivity index (χ2v) is 7.27. The Kier molecular flexibility index (Phi) is 6.24. The molecule has 7 heteroatoms. The molecular formula is C21H22BrNO5. The summed E-state index contributed by atoms with van der Waals surface area (Å²) >= 11 is 3.59. The lowest BCUT2D eigenvalue weighted by atomic mass is 9.84. The largest absolute Gasteiger partial charge is 0.497 e. The Bertz CT molecular complexity index is 852. The molecule has 2 aromatic rings. The number of hydrogen-bond acceptors (Lipinski definition) is 6. The molecule has 1 unspecified atom stereocenters. The average molecular weight is 448 g/mol. The highest BCUT2D eigenvalue weighted by Crippen LogP contribution is 2.41. The SMILES string of the molecule is COC(=O)C(C(=O)OC)C1c2cccc(Br)c2CCN1c1ccc(OC)cc1. The summed E-state index contributed by atoms with van der Waals surface area (Å²) in [5, 5.41) is 0. The van der Waals surface area contributed by atoms with E-state index in [2.05, 4.69) is 15.9 Å². The number of ether oxygens (including phenoxy) is 3. The van der Waals surface area contributed by atoms with Crippen molar-refractivity contribution < 1.29 is 23.8 Å². The molecule has 148 valence electrons. The van der Waals surface area contributed by atoms with E-state index in [1.165, 1.54) is 14.2 Å². The van der Waals surface area contributed by atoms with Crippen LogP contribution in [0.4, 0.5) is 5.69 Å². The maximum absolute atomic E-state index is 12.6. The van der Waals surface area contributed by atoms with Gasteiger partial charge in [-0.1, -0.05) is 28.1 Å². The van der Waals surface area contributed by atoms with Crippen LogP contribution in [0.3, 0.4) is 0 Å². The summed E-state index contributed by atoms with van der Waals surface area (Å²) in [5.74, 6) is -1.62. The summed E-state index contributed by atoms with van der Waals surface area (Å²) in [4.78, 5) is 27.3. The van der Waals surface area contributed by atoms with Crippen molar-refractivity contribution in [2.24, 2.45) is 5.92 Å². The zero-order valence-electron chi connectivity index (χ0n) is 16.0. The van der Waals surface area contributed by atoms with Gasteiger partial charge in [-0.3, -0.25) is 9.59 Å². The molecule has 3 rings (SSSR count). The molecule has 1 heterocycles. The standard InChI is InChI=1S/C21H22BrNO5/c1-26-14-9-7-13(8-10-14)23-12-11-15-16(5-4-6-17(15)22)19(23)18(20(24)27-2)21(25)28-3/h4-10,18-19H,11-12H2,1-3H3. The molecule has 0 aromatic heterocycles. The van der Waals surface area contributed by atoms with Crippen molar-refractivity contribution in [3.05, 3.63) is 58.1 Å². The van der Waals surface area contributed by atoms with Crippen molar-refractivity contribution in [2.75, 3.05) is 32.8 Å². The van der Waals surface area contributed by atoms with Crippen LogP contribution in [-0.4, -0.2) is 39.8 Å². The fourth-order valence-electron chi connectivity index (χ4n) is 3.69. The summed E-state index contributed by atoms with van der Waals surface area (Å²) in [6, 6.07) is 12.8. The van der Waals surface area contributed by atoms with Crippen LogP contribution in [0.2, 0.25) is 0 Å². The van der Waals surface area contributed by atoms with E-state index in [1.807, 2.05) is 47.4 Å². The number of hydrogen-bond donors (Lipinski definition) is 0. The van der Waals surface area contributed by atoms with Gasteiger partial charge in [-0.15, -0.1) is 0 Å². The van der Waals surface area contributed by atoms with Crippen LogP contribution < -0.4 is 9.64 Å². The molecule has 28 heavy (non-hydrogen) atoms. The lowest BCUT2D eigenvalue weighted by molar-refractivity contribution is -0.160. The molecule has 0 fully saturated rings. The minimum Gasteiger partial charge on any atom is -0.497 e. The Labute approximate surface area is 172 Å². The third kappa shape index (κ3) is 3.71. The number of benzene rings is 2. The van der Waals surface area contributed by atoms with E-state index in [9.17, 15) is 9.59 Å². The first-order valence-electron chi connectivity index (χ1n) is 8.85. The third-order valence-electron chi connectivity index (χ3n) is 5.04. The molecule has 6 nitrogen and oxygen atoms in total. The minimum atomic E-state index is -1.11. The summed E-state index contributed by atoms with van der Waals surface area (Å²) in [6.07, 6.45) is 0.772. The first kappa shape index (κ1) is 20.2. The van der Waals surface area contributed by atoms with Crippen molar-refractivity contribution in [3.63, 3.8) is 0 Å². The van der Waals surface area contributed by atoms with Crippen LogP contribution in [0.1, 0.15) is 17.2 Å². The molecule has 2 aromatic carbocycles. The summed E-state index contributed by atoms with van der Waals surface area (Å²) in [5.41, 5.74) is 2.86. The number of carbonyl (C=O) groups excluding carboxylic acids is 2. The van der Waals surface area contributed by atoms with Gasteiger partial charge in [-0.2, -0.15) is 0 Å². The van der Waals surface area contributed by atoms with E-state index in [0.717, 1.165) is 33.5 Å². The van der Waals surface area contributed by atoms with Crippen molar-refractivity contribution >= 4 is 33.6 Å². The third-order valence-corrected chi connectivity index (χ3v) is 5.79. The van der Waals surface area contributed by atoms with Crippen LogP contribution in [-0.2, 0) is 25.5 Å². The number of methoxy groups -OCH3 is 3. The van der Waals surface area contributed by atoms with Crippen molar-refractivity contribution in [2.45, 2.75) is 12.5 Å². The van der Waals surface area contributed by atoms with Crippen molar-refractivity contribution in [3.8, 4) is 5.75 Å². The number of halogens is 1. The van der Waals surface area contributed by atoms with Gasteiger partial charge in [0.2, 0.25) is 0 Å². The number of nitrogens with zero attached hydrogens (tertiary/aromatic N) is 1. The number of anilines is 1. The predicted molar refractivity (Wildman–Crippen MR) is 108 cm³/mol. The average Bonchev–Trinajstić information content (AvgIpc) is 2.74. The first-order valence-corrected chi connectivity index (χ1v) is 9.64. The quantitative estimate of drug-likeness (QED) is 0.515. The molecule has 0 N–H and O–H groups in total. The van der Waals surface area contributed by atoms with Crippen LogP contribution in [0, 0.1) is 5.92 Å². The van der Waals surface area contributed by atoms with Crippen LogP contribution in [0.5, 0.6) is 5.75 Å². The molecule has 0 spiro atoms. The molecule has 0 aliphatic carbocycles. The maximum atomic E-state index is 12.6. The van der Waals surface area contributed by atoms with Gasteiger partial charge in [-0.25, -0.2) is 0 Å². The van der Waals surface area contributed by atoms with Crippen LogP contribution in [0.25, 0.3) is 0 Å². The summed E-state index contributed by atoms with van der Waals surface area (Å²) in [6.45, 7) is 0.636. The highest BCUT2D eigenvalue weighted by Gasteiger charge is 2.44. The monoisotopic (exact) mass is 447 g/mol. The van der Waals surface area contributed by atoms with E-state index in [0.29, 0.717) is 6.54 Å². The number of rotatable bonds is 5. The van der Waals surface area contributed by atoms with Gasteiger partial charge in [0.15, 0.2) is 5.92 Å². The molecule has 0 bridgehead atoms. The minimum absolute atomic E-state index is 0.547. The maximum Gasteiger partial charge on any atom is 0.322 e. The summed E-state index contributed by atoms with van der Waals surface area (Å²) < 4.78 is 16.1. The lowest BCUT2D eigenvalue weighted by Gasteiger charge is -2.41. The summed E-state index contributed by atoms with van der Waals surface area (Å²) in [7, 11) is 4.16. The van der Waals surface area contributed by atoms with Gasteiger partial charge in [0.1, 0.15) is 5.75 Å². The zero-order chi connectivity index (χ0) is 20.3. The molecule has 0 saturated carbocycles. The van der Waals surface area contributed by atoms with Crippen molar-refractivity contribution in [1.29, 1.82) is 0 Å². The molecule has 0 amide bonds. The van der Waals surface area contributed by atoms with Crippen molar-refractivity contribution in [1.82, 2.24) is 0 Å². The molecule has 0 radical (unpaired) electrons. The van der Waals surface area contributed by atoms with Crippen LogP contribution >= 0.6 is 15.9 Å². The Morgan fingerprint density at radius 1 is 1.04 bits per heavy atom. The topological polar surface area (TPSA) is 65.1 Å². The zero-order valence-corrected chi connectivity index (χ0v) is 17.6. The van der Waals surface area contributed by atoms with Crippen LogP contribution in [0.15, 0.2) is 46.9 Å². The Balaban J connectivity index is 2.15. The van der Waals surface area contributed by atoms with Gasteiger partial charge in [-0.05, 0) is 47.9 Å². The fraction of sp³-hybridized carbons (Fsp3) is 0.333. The van der Waals surface area contributed by atoms with Gasteiger partial charge in [0.05, 0.1) is 27.4 Å². The van der Waals surface area contributed by atoms with Gasteiger partial charge in [0.25, 0.3) is 0 Å². The molecule has 0 saturated heterocycles. The molecule has 1 atom stereocenters. The highest BCUT2D eigenvalue weighted by atomic mass is 79.9. The van der Waals surface area contributed by atoms with Gasteiger partial charge >= 0.3 is 11.9 Å². The fourth-order valence-corrected chi connectivity index (χ4v) is 4.27. The van der Waals surface area contributed by atoms with E-state index in [4.69, 9.17) is 14.2 Å². The van der Waals surface area contributed by atoms with E-state index >= 15 is 0 Å². The highest BCUT2D eigenvalue weighted by molar-refractivity contribution is 9.10. The Morgan fingerprint density at radius 2 is 1.68 bits per heavy atom. The molecule has 1 aliphatic rings. The first-order chi connectivity index (χ1) is 13.5. The Morgan fingerprint density at radius 3 is 2.25 bits per heavy atom. The number of esters is 2. The second kappa shape index (κ2) is 8.65. The van der Waals surface area contributed by atoms with E-state index in [1.54, 1.807) is 7.11 Å². The van der Waals surface area contributed by atoms with E-state index in [-0.39, 0.29) is 0 Å². The lowest BCUT2D eigenvalue weighted by Crippen LogP contribution is -2.45. The Hall–Kier alpha value is -2.54. The second-order valence-electron chi connectivity index (χ2n) is 6.42. The smallest absolute Gasteiger partial charge is 0.322 e. The molecular weight excluding hydrogens is 426 g/mol. The molecule has 1 aliphatic heterocycles. The van der Waals surface area contributed by atoms with Gasteiger partial charge in [0, 0.05) is 16.7 Å². The van der Waals surface area contributed by atoms with E-state index < -0.39 is 23.9 Å². The number of fused-ring (bicyclic) bond motifs is 1. The number of carbonyl (C=O) groups is 2. The van der Waals surface area contributed by atoms with Gasteiger partial charge < -0.3 is 19.1 Å². The normalized spacial score (nSPS) is 15.8. The predicted octanol–water partition coefficient (Wildman–Crippen LogP) is 3.52.